The molecule has 7 heteroatoms. The Kier molecular flexibility index (Phi) is 3.24. The van der Waals surface area contributed by atoms with Crippen LogP contribution >= 0.6 is 0 Å². The van der Waals surface area contributed by atoms with Crippen LogP contribution in [0.25, 0.3) is 22.2 Å². The number of rotatable bonds is 4. The van der Waals surface area contributed by atoms with Gasteiger partial charge >= 0.3 is 5.97 Å². The lowest BCUT2D eigenvalue weighted by Gasteiger charge is -2.01. The van der Waals surface area contributed by atoms with Crippen molar-refractivity contribution >= 4 is 28.6 Å². The summed E-state index contributed by atoms with van der Waals surface area (Å²) in [6.07, 6.45) is 3.33. The first-order valence-corrected chi connectivity index (χ1v) is 7.19. The highest BCUT2D eigenvalue weighted by atomic mass is 16.4. The molecule has 3 N–H and O–H groups in total. The van der Waals surface area contributed by atoms with Crippen LogP contribution < -0.4 is 5.32 Å². The standard InChI is InChI=1S/C17H12N4O3/c22-16(23)11-3-1-10(2-4-11)15-9-18-17(24-15)20-13-5-6-14-12(7-13)8-19-21-14/h1-9H,(H,18,20)(H,19,21)(H,22,23). The van der Waals surface area contributed by atoms with E-state index >= 15 is 0 Å². The largest absolute Gasteiger partial charge is 0.478 e. The van der Waals surface area contributed by atoms with Crippen molar-refractivity contribution in [2.24, 2.45) is 0 Å². The third kappa shape index (κ3) is 2.58. The van der Waals surface area contributed by atoms with Gasteiger partial charge in [-0.25, -0.2) is 9.78 Å². The fourth-order valence-corrected chi connectivity index (χ4v) is 2.39. The molecule has 0 saturated carbocycles. The molecular formula is C17H12N4O3. The molecular weight excluding hydrogens is 308 g/mol. The molecule has 0 atom stereocenters. The highest BCUT2D eigenvalue weighted by Gasteiger charge is 2.09. The normalized spacial score (nSPS) is 10.8. The summed E-state index contributed by atoms with van der Waals surface area (Å²) in [6.45, 7) is 0. The summed E-state index contributed by atoms with van der Waals surface area (Å²) in [5, 5.41) is 19.9. The van der Waals surface area contributed by atoms with Crippen LogP contribution in [0.2, 0.25) is 0 Å². The zero-order chi connectivity index (χ0) is 16.5. The first-order chi connectivity index (χ1) is 11.7. The number of hydrogen-bond donors (Lipinski definition) is 3. The molecule has 0 unspecified atom stereocenters. The minimum atomic E-state index is -0.962. The monoisotopic (exact) mass is 320 g/mol. The van der Waals surface area contributed by atoms with Crippen LogP contribution in [0, 0.1) is 0 Å². The van der Waals surface area contributed by atoms with E-state index in [9.17, 15) is 4.79 Å². The number of aromatic carboxylic acids is 1. The van der Waals surface area contributed by atoms with E-state index in [1.54, 1.807) is 24.5 Å². The van der Waals surface area contributed by atoms with Gasteiger partial charge in [-0.3, -0.25) is 5.10 Å². The third-order valence-electron chi connectivity index (χ3n) is 3.61. The molecule has 7 nitrogen and oxygen atoms in total. The average molecular weight is 320 g/mol. The Bertz CT molecular complexity index is 1020. The van der Waals surface area contributed by atoms with E-state index in [1.807, 2.05) is 18.2 Å². The van der Waals surface area contributed by atoms with Crippen molar-refractivity contribution in [1.82, 2.24) is 15.2 Å². The van der Waals surface area contributed by atoms with E-state index in [-0.39, 0.29) is 5.56 Å². The highest BCUT2D eigenvalue weighted by Crippen LogP contribution is 2.26. The molecule has 0 fully saturated rings. The molecule has 0 saturated heterocycles. The maximum Gasteiger partial charge on any atom is 0.335 e. The van der Waals surface area contributed by atoms with Crippen LogP contribution in [0.3, 0.4) is 0 Å². The lowest BCUT2D eigenvalue weighted by molar-refractivity contribution is 0.0697. The third-order valence-corrected chi connectivity index (χ3v) is 3.61. The first kappa shape index (κ1) is 14.0. The van der Waals surface area contributed by atoms with Crippen molar-refractivity contribution in [3.8, 4) is 11.3 Å². The molecule has 0 radical (unpaired) electrons. The van der Waals surface area contributed by atoms with Gasteiger partial charge in [0.05, 0.1) is 23.5 Å². The van der Waals surface area contributed by atoms with Crippen LogP contribution in [0.5, 0.6) is 0 Å². The molecule has 0 spiro atoms. The molecule has 2 aromatic heterocycles. The minimum absolute atomic E-state index is 0.227. The van der Waals surface area contributed by atoms with Crippen molar-refractivity contribution in [1.29, 1.82) is 0 Å². The van der Waals surface area contributed by atoms with Gasteiger partial charge in [-0.1, -0.05) is 12.1 Å². The smallest absolute Gasteiger partial charge is 0.335 e. The fraction of sp³-hybridized carbons (Fsp3) is 0. The predicted molar refractivity (Wildman–Crippen MR) is 88.3 cm³/mol. The number of carbonyl (C=O) groups is 1. The summed E-state index contributed by atoms with van der Waals surface area (Å²) in [7, 11) is 0. The van der Waals surface area contributed by atoms with E-state index in [0.29, 0.717) is 11.8 Å². The molecule has 24 heavy (non-hydrogen) atoms. The number of nitrogens with one attached hydrogen (secondary N) is 2. The number of benzene rings is 2. The lowest BCUT2D eigenvalue weighted by atomic mass is 10.1. The van der Waals surface area contributed by atoms with Gasteiger partial charge < -0.3 is 14.8 Å². The summed E-state index contributed by atoms with van der Waals surface area (Å²) in [6, 6.07) is 12.5. The molecule has 118 valence electrons. The van der Waals surface area contributed by atoms with Gasteiger partial charge in [-0.05, 0) is 30.3 Å². The molecule has 0 aliphatic heterocycles. The van der Waals surface area contributed by atoms with Gasteiger partial charge in [0.1, 0.15) is 0 Å². The van der Waals surface area contributed by atoms with Crippen LogP contribution in [0.1, 0.15) is 10.4 Å². The van der Waals surface area contributed by atoms with Gasteiger partial charge in [0.15, 0.2) is 5.76 Å². The Labute approximate surface area is 136 Å². The molecule has 4 aromatic rings. The van der Waals surface area contributed by atoms with Crippen LogP contribution in [-0.2, 0) is 0 Å². The fourth-order valence-electron chi connectivity index (χ4n) is 2.39. The molecule has 0 amide bonds. The summed E-state index contributed by atoms with van der Waals surface area (Å²) in [5.41, 5.74) is 2.77. The Morgan fingerprint density at radius 1 is 1.12 bits per heavy atom. The molecule has 2 aromatic carbocycles. The van der Waals surface area contributed by atoms with Crippen molar-refractivity contribution in [3.05, 3.63) is 60.4 Å². The maximum absolute atomic E-state index is 10.9. The SMILES string of the molecule is O=C(O)c1ccc(-c2cnc(Nc3ccc4[nH]ncc4c3)o2)cc1. The van der Waals surface area contributed by atoms with Gasteiger partial charge in [0, 0.05) is 16.6 Å². The number of aromatic nitrogens is 3. The summed E-state index contributed by atoms with van der Waals surface area (Å²) < 4.78 is 5.67. The zero-order valence-corrected chi connectivity index (χ0v) is 12.4. The van der Waals surface area contributed by atoms with E-state index in [1.165, 1.54) is 12.1 Å². The molecule has 0 aliphatic carbocycles. The molecule has 0 bridgehead atoms. The number of aromatic amines is 1. The van der Waals surface area contributed by atoms with Crippen molar-refractivity contribution < 1.29 is 14.3 Å². The quantitative estimate of drug-likeness (QED) is 0.530. The van der Waals surface area contributed by atoms with Gasteiger partial charge in [0.2, 0.25) is 0 Å². The van der Waals surface area contributed by atoms with Crippen molar-refractivity contribution in [2.45, 2.75) is 0 Å². The number of nitrogens with zero attached hydrogens (tertiary/aromatic N) is 2. The Balaban J connectivity index is 1.56. The number of hydrogen-bond acceptors (Lipinski definition) is 5. The summed E-state index contributed by atoms with van der Waals surface area (Å²) >= 11 is 0. The predicted octanol–water partition coefficient (Wildman–Crippen LogP) is 3.66. The maximum atomic E-state index is 10.9. The molecule has 4 rings (SSSR count). The second-order valence-corrected chi connectivity index (χ2v) is 5.21. The summed E-state index contributed by atoms with van der Waals surface area (Å²) in [4.78, 5) is 15.1. The average Bonchev–Trinajstić information content (AvgIpc) is 3.24. The molecule has 2 heterocycles. The number of carboxylic acid groups (broad SMARTS) is 1. The number of anilines is 2. The Hall–Kier alpha value is -3.61. The second kappa shape index (κ2) is 5.54. The van der Waals surface area contributed by atoms with Gasteiger partial charge in [-0.2, -0.15) is 5.10 Å². The topological polar surface area (TPSA) is 104 Å². The van der Waals surface area contributed by atoms with Gasteiger partial charge in [-0.15, -0.1) is 0 Å². The Morgan fingerprint density at radius 2 is 1.96 bits per heavy atom. The van der Waals surface area contributed by atoms with Crippen LogP contribution in [0.15, 0.2) is 59.3 Å². The number of fused-ring (bicyclic) bond motifs is 1. The summed E-state index contributed by atoms with van der Waals surface area (Å²) in [5.74, 6) is -0.407. The van der Waals surface area contributed by atoms with Gasteiger partial charge in [0.25, 0.3) is 6.01 Å². The van der Waals surface area contributed by atoms with Crippen molar-refractivity contribution in [2.75, 3.05) is 5.32 Å². The van der Waals surface area contributed by atoms with Crippen LogP contribution in [-0.4, -0.2) is 26.3 Å². The van der Waals surface area contributed by atoms with E-state index in [4.69, 9.17) is 9.52 Å². The van der Waals surface area contributed by atoms with Crippen LogP contribution in [0.4, 0.5) is 11.7 Å². The molecule has 0 aliphatic rings. The zero-order valence-electron chi connectivity index (χ0n) is 12.4. The lowest BCUT2D eigenvalue weighted by Crippen LogP contribution is -1.94. The highest BCUT2D eigenvalue weighted by molar-refractivity contribution is 5.88. The van der Waals surface area contributed by atoms with E-state index < -0.39 is 5.97 Å². The first-order valence-electron chi connectivity index (χ1n) is 7.19. The van der Waals surface area contributed by atoms with E-state index in [2.05, 4.69) is 20.5 Å². The number of H-pyrrole nitrogens is 1. The van der Waals surface area contributed by atoms with E-state index in [0.717, 1.165) is 22.2 Å². The number of carboxylic acids is 1. The second-order valence-electron chi connectivity index (χ2n) is 5.21. The Morgan fingerprint density at radius 3 is 2.75 bits per heavy atom. The van der Waals surface area contributed by atoms with Crippen molar-refractivity contribution in [3.63, 3.8) is 0 Å². The number of oxazole rings is 1. The minimum Gasteiger partial charge on any atom is -0.478 e.